The van der Waals surface area contributed by atoms with E-state index in [0.717, 1.165) is 0 Å². The number of esters is 1. The monoisotopic (exact) mass is 253 g/mol. The molecule has 0 aromatic carbocycles. The number of aromatic nitrogens is 1. The van der Waals surface area contributed by atoms with E-state index in [1.807, 2.05) is 0 Å². The quantitative estimate of drug-likeness (QED) is 0.446. The van der Waals surface area contributed by atoms with Crippen LogP contribution in [0.2, 0.25) is 0 Å². The van der Waals surface area contributed by atoms with Crippen molar-refractivity contribution in [3.8, 4) is 0 Å². The highest BCUT2D eigenvalue weighted by Crippen LogP contribution is 2.19. The molecule has 0 unspecified atom stereocenters. The Bertz CT molecular complexity index is 462. The maximum absolute atomic E-state index is 11.0. The molecule has 0 radical (unpaired) electrons. The van der Waals surface area contributed by atoms with Crippen LogP contribution in [-0.4, -0.2) is 36.6 Å². The molecular formula is C11H15N3O4. The van der Waals surface area contributed by atoms with Crippen LogP contribution in [0, 0.1) is 17.0 Å². The molecule has 0 aliphatic heterocycles. The molecule has 0 fully saturated rings. The molecule has 7 heteroatoms. The summed E-state index contributed by atoms with van der Waals surface area (Å²) in [6.07, 6.45) is 0.241. The van der Waals surface area contributed by atoms with Crippen molar-refractivity contribution in [1.82, 2.24) is 4.98 Å². The highest BCUT2D eigenvalue weighted by molar-refractivity contribution is 5.69. The summed E-state index contributed by atoms with van der Waals surface area (Å²) in [5.41, 5.74) is 0.336. The van der Waals surface area contributed by atoms with Crippen LogP contribution in [0.4, 0.5) is 11.5 Å². The van der Waals surface area contributed by atoms with E-state index in [1.54, 1.807) is 24.9 Å². The molecule has 0 amide bonds. The highest BCUT2D eigenvalue weighted by Gasteiger charge is 2.14. The van der Waals surface area contributed by atoms with Crippen molar-refractivity contribution in [1.29, 1.82) is 0 Å². The summed E-state index contributed by atoms with van der Waals surface area (Å²) in [6, 6.07) is 2.97. The molecule has 0 saturated heterocycles. The lowest BCUT2D eigenvalue weighted by atomic mass is 10.3. The third-order valence-electron chi connectivity index (χ3n) is 2.51. The molecule has 98 valence electrons. The van der Waals surface area contributed by atoms with Gasteiger partial charge in [-0.25, -0.2) is 4.98 Å². The van der Waals surface area contributed by atoms with E-state index in [4.69, 9.17) is 0 Å². The number of ether oxygens (including phenoxy) is 1. The van der Waals surface area contributed by atoms with Crippen LogP contribution >= 0.6 is 0 Å². The second-order valence-electron chi connectivity index (χ2n) is 3.78. The maximum atomic E-state index is 11.0. The molecule has 0 N–H and O–H groups in total. The largest absolute Gasteiger partial charge is 0.469 e. The van der Waals surface area contributed by atoms with Crippen LogP contribution in [-0.2, 0) is 9.53 Å². The van der Waals surface area contributed by atoms with Gasteiger partial charge in [0.05, 0.1) is 18.5 Å². The number of carbonyl (C=O) groups excluding carboxylic acids is 1. The summed E-state index contributed by atoms with van der Waals surface area (Å²) >= 11 is 0. The topological polar surface area (TPSA) is 85.6 Å². The number of hydrogen-bond donors (Lipinski definition) is 0. The predicted molar refractivity (Wildman–Crippen MR) is 65.5 cm³/mol. The third-order valence-corrected chi connectivity index (χ3v) is 2.51. The van der Waals surface area contributed by atoms with E-state index in [2.05, 4.69) is 9.72 Å². The van der Waals surface area contributed by atoms with Gasteiger partial charge in [-0.3, -0.25) is 14.9 Å². The van der Waals surface area contributed by atoms with Crippen molar-refractivity contribution in [3.05, 3.63) is 27.9 Å². The number of methoxy groups -OCH3 is 1. The first-order valence-electron chi connectivity index (χ1n) is 5.35. The Morgan fingerprint density at radius 2 is 2.22 bits per heavy atom. The average Bonchev–Trinajstić information content (AvgIpc) is 2.34. The summed E-state index contributed by atoms with van der Waals surface area (Å²) in [5.74, 6) is 0.280. The van der Waals surface area contributed by atoms with Crippen molar-refractivity contribution in [2.45, 2.75) is 13.3 Å². The summed E-state index contributed by atoms with van der Waals surface area (Å²) in [4.78, 5) is 27.0. The minimum Gasteiger partial charge on any atom is -0.469 e. The van der Waals surface area contributed by atoms with Crippen molar-refractivity contribution >= 4 is 17.5 Å². The van der Waals surface area contributed by atoms with Crippen molar-refractivity contribution < 1.29 is 14.5 Å². The second kappa shape index (κ2) is 5.95. The Labute approximate surface area is 105 Å². The van der Waals surface area contributed by atoms with Gasteiger partial charge < -0.3 is 9.64 Å². The van der Waals surface area contributed by atoms with Gasteiger partial charge in [0.2, 0.25) is 0 Å². The normalized spacial score (nSPS) is 9.94. The fourth-order valence-corrected chi connectivity index (χ4v) is 1.42. The molecular weight excluding hydrogens is 238 g/mol. The number of pyridine rings is 1. The lowest BCUT2D eigenvalue weighted by Gasteiger charge is -2.17. The Kier molecular flexibility index (Phi) is 4.59. The number of hydrogen-bond acceptors (Lipinski definition) is 6. The van der Waals surface area contributed by atoms with Crippen LogP contribution < -0.4 is 4.90 Å². The molecule has 0 aliphatic rings. The average molecular weight is 253 g/mol. The van der Waals surface area contributed by atoms with Crippen LogP contribution in [0.5, 0.6) is 0 Å². The zero-order valence-corrected chi connectivity index (χ0v) is 10.5. The van der Waals surface area contributed by atoms with Crippen LogP contribution in [0.25, 0.3) is 0 Å². The molecule has 1 heterocycles. The first-order chi connectivity index (χ1) is 8.45. The minimum atomic E-state index is -0.472. The van der Waals surface area contributed by atoms with E-state index in [9.17, 15) is 14.9 Å². The lowest BCUT2D eigenvalue weighted by Crippen LogP contribution is -2.22. The van der Waals surface area contributed by atoms with Gasteiger partial charge in [-0.2, -0.15) is 0 Å². The number of nitrogens with zero attached hydrogens (tertiary/aromatic N) is 3. The van der Waals surface area contributed by atoms with Crippen LogP contribution in [0.1, 0.15) is 12.1 Å². The number of nitro groups is 1. The van der Waals surface area contributed by atoms with Gasteiger partial charge in [-0.15, -0.1) is 0 Å². The number of aryl methyl sites for hydroxylation is 1. The van der Waals surface area contributed by atoms with E-state index in [0.29, 0.717) is 18.1 Å². The third kappa shape index (κ3) is 3.41. The van der Waals surface area contributed by atoms with Crippen molar-refractivity contribution in [3.63, 3.8) is 0 Å². The molecule has 1 aromatic rings. The Hall–Kier alpha value is -2.18. The van der Waals surface area contributed by atoms with Crippen molar-refractivity contribution in [2.75, 3.05) is 25.6 Å². The summed E-state index contributed by atoms with van der Waals surface area (Å²) < 4.78 is 4.54. The van der Waals surface area contributed by atoms with E-state index in [-0.39, 0.29) is 18.1 Å². The first kappa shape index (κ1) is 13.9. The molecule has 1 rings (SSSR count). The van der Waals surface area contributed by atoms with E-state index < -0.39 is 4.92 Å². The van der Waals surface area contributed by atoms with Gasteiger partial charge in [0.1, 0.15) is 11.5 Å². The molecule has 7 nitrogen and oxygen atoms in total. The van der Waals surface area contributed by atoms with Crippen LogP contribution in [0.15, 0.2) is 12.1 Å². The standard InChI is InChI=1S/C11H15N3O4/c1-8-9(14(16)17)4-5-10(12-8)13(2)7-6-11(15)18-3/h4-5H,6-7H2,1-3H3. The smallest absolute Gasteiger partial charge is 0.307 e. The van der Waals surface area contributed by atoms with Crippen molar-refractivity contribution in [2.24, 2.45) is 0 Å². The fraction of sp³-hybridized carbons (Fsp3) is 0.455. The van der Waals surface area contributed by atoms with Gasteiger partial charge in [0.15, 0.2) is 0 Å². The van der Waals surface area contributed by atoms with E-state index in [1.165, 1.54) is 13.2 Å². The Balaban J connectivity index is 2.75. The fourth-order valence-electron chi connectivity index (χ4n) is 1.42. The second-order valence-corrected chi connectivity index (χ2v) is 3.78. The number of rotatable bonds is 5. The molecule has 0 atom stereocenters. The zero-order chi connectivity index (χ0) is 13.7. The molecule has 1 aromatic heterocycles. The van der Waals surface area contributed by atoms with Gasteiger partial charge in [0, 0.05) is 19.7 Å². The molecule has 0 spiro atoms. The number of carbonyl (C=O) groups is 1. The van der Waals surface area contributed by atoms with Crippen LogP contribution in [0.3, 0.4) is 0 Å². The SMILES string of the molecule is COC(=O)CCN(C)c1ccc([N+](=O)[O-])c(C)n1. The highest BCUT2D eigenvalue weighted by atomic mass is 16.6. The van der Waals surface area contributed by atoms with Gasteiger partial charge in [-0.1, -0.05) is 0 Å². The molecule has 0 saturated carbocycles. The lowest BCUT2D eigenvalue weighted by molar-refractivity contribution is -0.385. The maximum Gasteiger partial charge on any atom is 0.307 e. The summed E-state index contributed by atoms with van der Waals surface area (Å²) in [6.45, 7) is 2.02. The van der Waals surface area contributed by atoms with E-state index >= 15 is 0 Å². The first-order valence-corrected chi connectivity index (χ1v) is 5.35. The Morgan fingerprint density at radius 1 is 1.56 bits per heavy atom. The molecule has 0 bridgehead atoms. The van der Waals surface area contributed by atoms with Gasteiger partial charge in [0.25, 0.3) is 5.69 Å². The molecule has 0 aliphatic carbocycles. The van der Waals surface area contributed by atoms with Gasteiger partial charge in [-0.05, 0) is 13.0 Å². The van der Waals surface area contributed by atoms with Gasteiger partial charge >= 0.3 is 5.97 Å². The molecule has 18 heavy (non-hydrogen) atoms. The summed E-state index contributed by atoms with van der Waals surface area (Å²) in [5, 5.41) is 10.6. The minimum absolute atomic E-state index is 0.0138. The summed E-state index contributed by atoms with van der Waals surface area (Å²) in [7, 11) is 3.09. The predicted octanol–water partition coefficient (Wildman–Crippen LogP) is 1.30. The zero-order valence-electron chi connectivity index (χ0n) is 10.5. The Morgan fingerprint density at radius 3 is 2.72 bits per heavy atom. The number of anilines is 1.